The predicted molar refractivity (Wildman–Crippen MR) is 169 cm³/mol. The van der Waals surface area contributed by atoms with Crippen LogP contribution in [0.4, 0.5) is 19.6 Å². The molecule has 4 atom stereocenters. The number of halogens is 2. The number of nitrogens with one attached hydrogen (secondary N) is 1. The van der Waals surface area contributed by atoms with Gasteiger partial charge in [0.2, 0.25) is 0 Å². The Morgan fingerprint density at radius 2 is 2.13 bits per heavy atom. The van der Waals surface area contributed by atoms with E-state index in [2.05, 4.69) is 31.2 Å². The summed E-state index contributed by atoms with van der Waals surface area (Å²) < 4.78 is 44.0. The molecule has 4 aliphatic heterocycles. The number of anilines is 2. The summed E-state index contributed by atoms with van der Waals surface area (Å²) >= 11 is 1.29. The lowest BCUT2D eigenvalue weighted by atomic mass is 9.95. The number of nitrogens with two attached hydrogens (primary N) is 1. The molecule has 2 bridgehead atoms. The fourth-order valence-electron chi connectivity index (χ4n) is 8.22. The summed E-state index contributed by atoms with van der Waals surface area (Å²) in [7, 11) is 1.70. The number of thiophene rings is 1. The molecule has 13 heteroatoms. The summed E-state index contributed by atoms with van der Waals surface area (Å²) in [4.78, 5) is 18.4. The minimum atomic E-state index is -0.895. The first-order chi connectivity index (χ1) is 21.8. The van der Waals surface area contributed by atoms with Crippen molar-refractivity contribution in [3.05, 3.63) is 35.8 Å². The Morgan fingerprint density at radius 3 is 2.98 bits per heavy atom. The van der Waals surface area contributed by atoms with Crippen molar-refractivity contribution in [2.24, 2.45) is 0 Å². The van der Waals surface area contributed by atoms with E-state index in [9.17, 15) is 9.65 Å². The van der Waals surface area contributed by atoms with E-state index in [1.54, 1.807) is 25.4 Å². The van der Waals surface area contributed by atoms with Crippen molar-refractivity contribution in [3.8, 4) is 23.3 Å². The van der Waals surface area contributed by atoms with Gasteiger partial charge >= 0.3 is 6.01 Å². The van der Waals surface area contributed by atoms with Crippen molar-refractivity contribution in [1.29, 1.82) is 5.26 Å². The number of piperazine rings is 1. The van der Waals surface area contributed by atoms with Crippen LogP contribution in [0.5, 0.6) is 6.01 Å². The lowest BCUT2D eigenvalue weighted by Gasteiger charge is -2.41. The van der Waals surface area contributed by atoms with Gasteiger partial charge < -0.3 is 25.4 Å². The van der Waals surface area contributed by atoms with E-state index in [4.69, 9.17) is 20.2 Å². The number of hydrogen-bond donors (Lipinski definition) is 2. The maximum Gasteiger partial charge on any atom is 0.319 e. The van der Waals surface area contributed by atoms with E-state index in [1.165, 1.54) is 11.3 Å². The molecule has 7 heterocycles. The Morgan fingerprint density at radius 1 is 1.24 bits per heavy atom. The third kappa shape index (κ3) is 4.61. The van der Waals surface area contributed by atoms with Crippen molar-refractivity contribution in [2.45, 2.75) is 55.4 Å². The first kappa shape index (κ1) is 28.8. The van der Waals surface area contributed by atoms with E-state index in [0.29, 0.717) is 65.4 Å². The van der Waals surface area contributed by atoms with Gasteiger partial charge in [-0.1, -0.05) is 12.1 Å². The van der Waals surface area contributed by atoms with Crippen LogP contribution in [0, 0.1) is 17.1 Å². The van der Waals surface area contributed by atoms with Crippen molar-refractivity contribution in [1.82, 2.24) is 25.2 Å². The number of nitriles is 1. The molecule has 3 aromatic heterocycles. The van der Waals surface area contributed by atoms with E-state index in [-0.39, 0.29) is 35.4 Å². The molecule has 0 saturated carbocycles. The van der Waals surface area contributed by atoms with Gasteiger partial charge in [-0.2, -0.15) is 15.2 Å². The zero-order valence-electron chi connectivity index (χ0n) is 25.0. The van der Waals surface area contributed by atoms with Crippen LogP contribution in [0.25, 0.3) is 32.2 Å². The number of rotatable bonds is 7. The summed E-state index contributed by atoms with van der Waals surface area (Å²) in [5.41, 5.74) is 6.44. The van der Waals surface area contributed by atoms with Gasteiger partial charge in [0.25, 0.3) is 0 Å². The zero-order chi connectivity index (χ0) is 30.9. The molecule has 234 valence electrons. The van der Waals surface area contributed by atoms with Crippen LogP contribution in [0.3, 0.4) is 0 Å². The van der Waals surface area contributed by atoms with Gasteiger partial charge in [0.15, 0.2) is 5.82 Å². The number of hydrogen-bond acceptors (Lipinski definition) is 11. The van der Waals surface area contributed by atoms with Crippen LogP contribution in [0.15, 0.2) is 24.4 Å². The zero-order valence-corrected chi connectivity index (χ0v) is 25.8. The summed E-state index contributed by atoms with van der Waals surface area (Å²) in [6.07, 6.45) is 4.91. The van der Waals surface area contributed by atoms with Crippen LogP contribution in [-0.4, -0.2) is 89.6 Å². The third-order valence-corrected chi connectivity index (χ3v) is 11.1. The molecule has 10 nitrogen and oxygen atoms in total. The molecule has 45 heavy (non-hydrogen) atoms. The average Bonchev–Trinajstić information content (AvgIpc) is 3.74. The highest BCUT2D eigenvalue weighted by Crippen LogP contribution is 2.43. The van der Waals surface area contributed by atoms with Crippen molar-refractivity contribution in [2.75, 3.05) is 57.1 Å². The Bertz CT molecular complexity index is 1860. The van der Waals surface area contributed by atoms with Crippen LogP contribution in [0.2, 0.25) is 0 Å². The molecule has 0 amide bonds. The predicted octanol–water partition coefficient (Wildman–Crippen LogP) is 4.41. The van der Waals surface area contributed by atoms with Gasteiger partial charge in [0, 0.05) is 61.1 Å². The van der Waals surface area contributed by atoms with Gasteiger partial charge in [-0.3, -0.25) is 9.88 Å². The number of alkyl halides is 1. The van der Waals surface area contributed by atoms with Crippen LogP contribution >= 0.6 is 11.3 Å². The molecule has 4 fully saturated rings. The molecular weight excluding hydrogens is 598 g/mol. The normalized spacial score (nSPS) is 27.8. The molecule has 1 aromatic carbocycles. The number of nitrogen functional groups attached to an aromatic ring is 1. The summed E-state index contributed by atoms with van der Waals surface area (Å²) in [6, 6.07) is 7.87. The number of pyridine rings is 1. The first-order valence-corrected chi connectivity index (χ1v) is 16.2. The maximum atomic E-state index is 16.8. The highest BCUT2D eigenvalue weighted by molar-refractivity contribution is 7.23. The van der Waals surface area contributed by atoms with Gasteiger partial charge in [-0.25, -0.2) is 8.78 Å². The van der Waals surface area contributed by atoms with Crippen LogP contribution in [0.1, 0.15) is 37.7 Å². The van der Waals surface area contributed by atoms with Crippen molar-refractivity contribution >= 4 is 43.1 Å². The number of ether oxygens (including phenoxy) is 2. The minimum Gasteiger partial charge on any atom is -0.461 e. The largest absolute Gasteiger partial charge is 0.461 e. The monoisotopic (exact) mass is 632 g/mol. The molecule has 4 aromatic rings. The molecule has 0 aliphatic carbocycles. The van der Waals surface area contributed by atoms with Gasteiger partial charge in [-0.15, -0.1) is 11.3 Å². The molecule has 0 unspecified atom stereocenters. The van der Waals surface area contributed by atoms with Crippen molar-refractivity contribution in [3.63, 3.8) is 0 Å². The number of nitrogens with zero attached hydrogens (tertiary/aromatic N) is 6. The minimum absolute atomic E-state index is 0.0551. The Hall–Kier alpha value is -3.70. The SMILES string of the molecule is COC[C@@]12CC[C@@H](CN(c3nc(OC[C@@]45CCCN4C[C@H](F)C5)nc4c(F)c(-c5cccc6sc(N)c(C#N)c56)ncc34)C1)N2. The van der Waals surface area contributed by atoms with Crippen LogP contribution < -0.4 is 20.7 Å². The van der Waals surface area contributed by atoms with E-state index >= 15 is 4.39 Å². The Labute approximate surface area is 263 Å². The summed E-state index contributed by atoms with van der Waals surface area (Å²) in [6.45, 7) is 3.32. The fourth-order valence-corrected chi connectivity index (χ4v) is 9.17. The average molecular weight is 633 g/mol. The molecule has 4 saturated heterocycles. The highest BCUT2D eigenvalue weighted by atomic mass is 32.1. The van der Waals surface area contributed by atoms with Crippen molar-refractivity contribution < 1.29 is 18.3 Å². The molecule has 8 rings (SSSR count). The van der Waals surface area contributed by atoms with E-state index in [1.807, 2.05) is 6.07 Å². The van der Waals surface area contributed by atoms with E-state index in [0.717, 1.165) is 36.9 Å². The topological polar surface area (TPSA) is 125 Å². The fraction of sp³-hybridized carbons (Fsp3) is 0.500. The number of benzene rings is 1. The summed E-state index contributed by atoms with van der Waals surface area (Å²) in [5.74, 6) is -0.0784. The highest BCUT2D eigenvalue weighted by Gasteiger charge is 2.50. The third-order valence-electron chi connectivity index (χ3n) is 10.1. The molecule has 0 spiro atoms. The lowest BCUT2D eigenvalue weighted by Crippen LogP contribution is -2.61. The molecular formula is C32H34F2N8O2S. The smallest absolute Gasteiger partial charge is 0.319 e. The second-order valence-corrected chi connectivity index (χ2v) is 14.1. The number of methoxy groups -OCH3 is 1. The van der Waals surface area contributed by atoms with Gasteiger partial charge in [0.05, 0.1) is 28.6 Å². The van der Waals surface area contributed by atoms with Gasteiger partial charge in [-0.05, 0) is 38.3 Å². The molecule has 3 N–H and O–H groups in total. The van der Waals surface area contributed by atoms with E-state index < -0.39 is 17.5 Å². The quantitative estimate of drug-likeness (QED) is 0.303. The lowest BCUT2D eigenvalue weighted by molar-refractivity contribution is 0.107. The second-order valence-electron chi connectivity index (χ2n) is 13.0. The number of aromatic nitrogens is 3. The molecule has 0 radical (unpaired) electrons. The Kier molecular flexibility index (Phi) is 6.83. The summed E-state index contributed by atoms with van der Waals surface area (Å²) in [5, 5.41) is 15.0. The maximum absolute atomic E-state index is 16.8. The number of fused-ring (bicyclic) bond motifs is 5. The van der Waals surface area contributed by atoms with Gasteiger partial charge in [0.1, 0.15) is 40.9 Å². The first-order valence-electron chi connectivity index (χ1n) is 15.4. The standard InChI is InChI=1S/C32H34F2N8O2S/c1-43-16-31-8-6-19(40-31)14-41(15-31)29-22-12-37-26(20-4-2-5-23-24(20)21(11-35)28(36)45-23)25(34)27(22)38-30(39-29)44-17-32-7-3-9-42(32)13-18(33)10-32/h2,4-5,12,18-19,40H,3,6-10,13-17,36H2,1H3/t18-,19+,31-,32+/m1/s1. The molecule has 4 aliphatic rings. The van der Waals surface area contributed by atoms with Crippen LogP contribution in [-0.2, 0) is 4.74 Å². The second kappa shape index (κ2) is 10.7. The Balaban J connectivity index is 1.25.